The minimum Gasteiger partial charge on any atom is -0.289 e. The summed E-state index contributed by atoms with van der Waals surface area (Å²) >= 11 is 0. The molecule has 0 aromatic heterocycles. The molecule has 2 aromatic carbocycles. The first-order chi connectivity index (χ1) is 11.1. The van der Waals surface area contributed by atoms with E-state index in [0.29, 0.717) is 0 Å². The van der Waals surface area contributed by atoms with E-state index in [1.807, 2.05) is 37.3 Å². The molecule has 0 N–H and O–H groups in total. The molecule has 0 radical (unpaired) electrons. The first-order valence-electron chi connectivity index (χ1n) is 7.66. The molecule has 1 nitrogen and oxygen atoms in total. The van der Waals surface area contributed by atoms with Crippen molar-refractivity contribution in [3.05, 3.63) is 89.5 Å². The molecule has 2 heteroatoms. The van der Waals surface area contributed by atoms with Gasteiger partial charge in [0.25, 0.3) is 0 Å². The Balaban J connectivity index is 2.29. The Morgan fingerprint density at radius 3 is 2.30 bits per heavy atom. The Bertz CT molecular complexity index is 841. The summed E-state index contributed by atoms with van der Waals surface area (Å²) in [5.74, 6) is 1.07. The minimum absolute atomic E-state index is 0.00303. The van der Waals surface area contributed by atoms with Gasteiger partial charge in [-0.05, 0) is 24.3 Å². The lowest BCUT2D eigenvalue weighted by molar-refractivity contribution is 0.103. The number of allylic oxidation sites excluding steroid dienone is 2. The predicted molar refractivity (Wildman–Crippen MR) is 102 cm³/mol. The van der Waals surface area contributed by atoms with Gasteiger partial charge in [0.15, 0.2) is 5.78 Å². The van der Waals surface area contributed by atoms with Crippen LogP contribution in [-0.2, 0) is 0 Å². The number of fused-ring (bicyclic) bond motifs is 1. The standard InChI is InChI=1S/C21H20OS/c1-4-14-23(3)21(16-10-6-5-7-11-16)19-15(2)20(22)18-13-9-8-12-17(18)19/h4-13H,1,14H2,2-3H3. The van der Waals surface area contributed by atoms with Crippen molar-refractivity contribution in [2.45, 2.75) is 6.92 Å². The SMILES string of the molecule is C=CC/S(C)=C(\C1=C(C)C(=O)c2ccccc21)c1ccccc1. The van der Waals surface area contributed by atoms with E-state index in [-0.39, 0.29) is 16.3 Å². The zero-order valence-electron chi connectivity index (χ0n) is 13.5. The fourth-order valence-electron chi connectivity index (χ4n) is 3.08. The maximum absolute atomic E-state index is 12.6. The molecule has 23 heavy (non-hydrogen) atoms. The van der Waals surface area contributed by atoms with Gasteiger partial charge < -0.3 is 0 Å². The third kappa shape index (κ3) is 2.75. The molecule has 3 rings (SSSR count). The summed E-state index contributed by atoms with van der Waals surface area (Å²) in [5, 5.41) is 0. The summed E-state index contributed by atoms with van der Waals surface area (Å²) in [6.07, 6.45) is 4.19. The molecule has 0 amide bonds. The first-order valence-corrected chi connectivity index (χ1v) is 9.46. The number of hydrogen-bond acceptors (Lipinski definition) is 1. The van der Waals surface area contributed by atoms with E-state index in [2.05, 4.69) is 43.2 Å². The van der Waals surface area contributed by atoms with Crippen molar-refractivity contribution in [1.29, 1.82) is 0 Å². The monoisotopic (exact) mass is 320 g/mol. The summed E-state index contributed by atoms with van der Waals surface area (Å²) in [4.78, 5) is 13.9. The number of carbonyl (C=O) groups excluding carboxylic acids is 1. The van der Waals surface area contributed by atoms with Crippen LogP contribution in [0.25, 0.3) is 5.57 Å². The van der Waals surface area contributed by atoms with Gasteiger partial charge in [-0.15, -0.1) is 6.58 Å². The molecule has 0 saturated carbocycles. The van der Waals surface area contributed by atoms with Crippen molar-refractivity contribution in [3.8, 4) is 0 Å². The second-order valence-corrected chi connectivity index (χ2v) is 7.68. The van der Waals surface area contributed by atoms with Crippen LogP contribution in [0.1, 0.15) is 28.4 Å². The summed E-state index contributed by atoms with van der Waals surface area (Å²) < 4.78 is 0. The van der Waals surface area contributed by atoms with E-state index in [4.69, 9.17) is 0 Å². The molecule has 1 unspecified atom stereocenters. The third-order valence-electron chi connectivity index (χ3n) is 4.14. The highest BCUT2D eigenvalue weighted by Crippen LogP contribution is 2.38. The maximum Gasteiger partial charge on any atom is 0.190 e. The van der Waals surface area contributed by atoms with Crippen LogP contribution in [0.15, 0.2) is 72.8 Å². The van der Waals surface area contributed by atoms with Gasteiger partial charge in [-0.25, -0.2) is 0 Å². The molecule has 0 heterocycles. The molecule has 116 valence electrons. The fraction of sp³-hybridized carbons (Fsp3) is 0.143. The lowest BCUT2D eigenvalue weighted by atomic mass is 9.98. The van der Waals surface area contributed by atoms with Crippen molar-refractivity contribution in [2.24, 2.45) is 0 Å². The third-order valence-corrected chi connectivity index (χ3v) is 6.01. The Kier molecular flexibility index (Phi) is 4.44. The van der Waals surface area contributed by atoms with Crippen molar-refractivity contribution in [1.82, 2.24) is 0 Å². The van der Waals surface area contributed by atoms with E-state index < -0.39 is 0 Å². The average molecular weight is 320 g/mol. The van der Waals surface area contributed by atoms with Crippen LogP contribution in [0.3, 0.4) is 0 Å². The average Bonchev–Trinajstić information content (AvgIpc) is 2.82. The van der Waals surface area contributed by atoms with Gasteiger partial charge in [0, 0.05) is 27.3 Å². The predicted octanol–water partition coefficient (Wildman–Crippen LogP) is 4.96. The minimum atomic E-state index is -0.00303. The largest absolute Gasteiger partial charge is 0.289 e. The summed E-state index contributed by atoms with van der Waals surface area (Å²) in [5.41, 5.74) is 5.05. The molecule has 0 aliphatic heterocycles. The van der Waals surface area contributed by atoms with Gasteiger partial charge in [0.1, 0.15) is 0 Å². The second kappa shape index (κ2) is 6.51. The molecular weight excluding hydrogens is 300 g/mol. The quantitative estimate of drug-likeness (QED) is 0.442. The van der Waals surface area contributed by atoms with Gasteiger partial charge in [0.2, 0.25) is 0 Å². The molecule has 0 fully saturated rings. The van der Waals surface area contributed by atoms with E-state index in [9.17, 15) is 4.79 Å². The van der Waals surface area contributed by atoms with E-state index in [1.165, 1.54) is 10.4 Å². The number of rotatable bonds is 4. The highest BCUT2D eigenvalue weighted by atomic mass is 32.2. The molecule has 1 aliphatic rings. The van der Waals surface area contributed by atoms with Crippen LogP contribution in [0.2, 0.25) is 0 Å². The van der Waals surface area contributed by atoms with Crippen LogP contribution < -0.4 is 0 Å². The van der Waals surface area contributed by atoms with Crippen molar-refractivity contribution in [2.75, 3.05) is 12.0 Å². The van der Waals surface area contributed by atoms with E-state index in [0.717, 1.165) is 28.0 Å². The summed E-state index contributed by atoms with van der Waals surface area (Å²) in [7, 11) is -0.00303. The number of ketones is 1. The van der Waals surface area contributed by atoms with Crippen molar-refractivity contribution >= 4 is 26.7 Å². The van der Waals surface area contributed by atoms with Gasteiger partial charge in [-0.2, -0.15) is 10.5 Å². The van der Waals surface area contributed by atoms with Crippen molar-refractivity contribution < 1.29 is 4.79 Å². The van der Waals surface area contributed by atoms with Gasteiger partial charge in [-0.1, -0.05) is 60.7 Å². The van der Waals surface area contributed by atoms with Gasteiger partial charge in [0.05, 0.1) is 0 Å². The molecule has 2 aromatic rings. The lowest BCUT2D eigenvalue weighted by Crippen LogP contribution is -2.06. The normalized spacial score (nSPS) is 15.4. The highest BCUT2D eigenvalue weighted by molar-refractivity contribution is 8.16. The Labute approximate surface area is 140 Å². The molecule has 1 aliphatic carbocycles. The lowest BCUT2D eigenvalue weighted by Gasteiger charge is -2.16. The Morgan fingerprint density at radius 2 is 1.65 bits per heavy atom. The second-order valence-electron chi connectivity index (χ2n) is 5.66. The number of hydrogen-bond donors (Lipinski definition) is 0. The van der Waals surface area contributed by atoms with Crippen LogP contribution in [0, 0.1) is 0 Å². The fourth-order valence-corrected chi connectivity index (χ4v) is 4.75. The molecule has 0 bridgehead atoms. The van der Waals surface area contributed by atoms with E-state index >= 15 is 0 Å². The Morgan fingerprint density at radius 1 is 1.04 bits per heavy atom. The molecule has 0 spiro atoms. The van der Waals surface area contributed by atoms with Crippen LogP contribution in [-0.4, -0.2) is 22.7 Å². The zero-order valence-corrected chi connectivity index (χ0v) is 14.3. The van der Waals surface area contributed by atoms with Crippen LogP contribution >= 0.6 is 10.5 Å². The van der Waals surface area contributed by atoms with Gasteiger partial charge in [-0.3, -0.25) is 4.79 Å². The molecular formula is C21H20OS. The van der Waals surface area contributed by atoms with Crippen LogP contribution in [0.4, 0.5) is 0 Å². The van der Waals surface area contributed by atoms with E-state index in [1.54, 1.807) is 0 Å². The Hall–Kier alpha value is -2.19. The maximum atomic E-state index is 12.6. The molecule has 0 saturated heterocycles. The number of Topliss-reactive ketones (excluding diaryl/α,β-unsaturated/α-hetero) is 1. The summed E-state index contributed by atoms with van der Waals surface area (Å²) in [6, 6.07) is 18.3. The van der Waals surface area contributed by atoms with Crippen LogP contribution in [0.5, 0.6) is 0 Å². The number of benzene rings is 2. The smallest absolute Gasteiger partial charge is 0.190 e. The topological polar surface area (TPSA) is 17.1 Å². The summed E-state index contributed by atoms with van der Waals surface area (Å²) in [6.45, 7) is 5.84. The zero-order chi connectivity index (χ0) is 16.4. The van der Waals surface area contributed by atoms with Crippen molar-refractivity contribution in [3.63, 3.8) is 0 Å². The first kappa shape index (κ1) is 15.7. The van der Waals surface area contributed by atoms with Gasteiger partial charge >= 0.3 is 0 Å². The molecule has 1 atom stereocenters. The number of carbonyl (C=O) groups is 1. The highest BCUT2D eigenvalue weighted by Gasteiger charge is 2.29.